The van der Waals surface area contributed by atoms with Crippen LogP contribution in [0.1, 0.15) is 25.7 Å². The fourth-order valence-electron chi connectivity index (χ4n) is 1.41. The summed E-state index contributed by atoms with van der Waals surface area (Å²) in [5.41, 5.74) is 0. The molecule has 1 saturated carbocycles. The van der Waals surface area contributed by atoms with Crippen LogP contribution in [0.3, 0.4) is 0 Å². The third kappa shape index (κ3) is 0.846. The van der Waals surface area contributed by atoms with E-state index in [4.69, 9.17) is 4.74 Å². The molecule has 0 N–H and O–H groups in total. The van der Waals surface area contributed by atoms with E-state index in [-0.39, 0.29) is 0 Å². The summed E-state index contributed by atoms with van der Waals surface area (Å²) in [6, 6.07) is 0. The molecular weight excluding hydrogens is 112 g/mol. The van der Waals surface area contributed by atoms with Crippen LogP contribution in [0.15, 0.2) is 11.8 Å². The number of allylic oxidation sites excluding steroid dienone is 1. The maximum absolute atomic E-state index is 5.42. The minimum atomic E-state index is 0.812. The molecule has 1 fully saturated rings. The molecule has 50 valence electrons. The van der Waals surface area contributed by atoms with E-state index in [1.807, 2.05) is 0 Å². The van der Waals surface area contributed by atoms with Crippen LogP contribution in [-0.4, -0.2) is 6.61 Å². The predicted molar refractivity (Wildman–Crippen MR) is 36.0 cm³/mol. The summed E-state index contributed by atoms with van der Waals surface area (Å²) in [7, 11) is 0. The monoisotopic (exact) mass is 124 g/mol. The molecule has 0 atom stereocenters. The minimum Gasteiger partial charge on any atom is -0.498 e. The van der Waals surface area contributed by atoms with E-state index < -0.39 is 0 Å². The van der Waals surface area contributed by atoms with Gasteiger partial charge in [0.05, 0.1) is 12.4 Å². The lowest BCUT2D eigenvalue weighted by atomic mass is 9.84. The van der Waals surface area contributed by atoms with Crippen LogP contribution in [-0.2, 0) is 4.74 Å². The molecule has 1 aliphatic carbocycles. The van der Waals surface area contributed by atoms with Gasteiger partial charge in [-0.15, -0.1) is 0 Å². The Bertz CT molecular complexity index is 134. The highest BCUT2D eigenvalue weighted by Gasteiger charge is 2.24. The van der Waals surface area contributed by atoms with Crippen LogP contribution in [0.5, 0.6) is 0 Å². The van der Waals surface area contributed by atoms with Crippen LogP contribution in [0.25, 0.3) is 0 Å². The van der Waals surface area contributed by atoms with Gasteiger partial charge in [0.15, 0.2) is 0 Å². The van der Waals surface area contributed by atoms with E-state index >= 15 is 0 Å². The fraction of sp³-hybridized carbons (Fsp3) is 0.750. The highest BCUT2D eigenvalue weighted by molar-refractivity contribution is 5.05. The fourth-order valence-corrected chi connectivity index (χ4v) is 1.41. The van der Waals surface area contributed by atoms with E-state index in [1.54, 1.807) is 0 Å². The molecule has 0 spiro atoms. The highest BCUT2D eigenvalue weighted by atomic mass is 16.5. The van der Waals surface area contributed by atoms with Gasteiger partial charge in [0.25, 0.3) is 0 Å². The van der Waals surface area contributed by atoms with E-state index in [9.17, 15) is 0 Å². The molecule has 0 aromatic carbocycles. The maximum atomic E-state index is 5.42. The summed E-state index contributed by atoms with van der Waals surface area (Å²) in [6.07, 6.45) is 7.54. The van der Waals surface area contributed by atoms with Crippen LogP contribution < -0.4 is 0 Å². The van der Waals surface area contributed by atoms with Crippen molar-refractivity contribution in [2.45, 2.75) is 25.7 Å². The molecule has 9 heavy (non-hydrogen) atoms. The first-order valence-electron chi connectivity index (χ1n) is 3.79. The molecule has 2 rings (SSSR count). The molecule has 1 nitrogen and oxygen atoms in total. The summed E-state index contributed by atoms with van der Waals surface area (Å²) in [5.74, 6) is 2.11. The molecule has 0 saturated heterocycles. The number of hydrogen-bond donors (Lipinski definition) is 0. The topological polar surface area (TPSA) is 9.23 Å². The summed E-state index contributed by atoms with van der Waals surface area (Å²) in [6.45, 7) is 0.936. The molecule has 1 heterocycles. The lowest BCUT2D eigenvalue weighted by Crippen LogP contribution is -2.13. The van der Waals surface area contributed by atoms with Gasteiger partial charge in [-0.3, -0.25) is 0 Å². The Hall–Kier alpha value is -0.460. The summed E-state index contributed by atoms with van der Waals surface area (Å²) < 4.78 is 5.42. The maximum Gasteiger partial charge on any atom is 0.0952 e. The molecule has 0 aromatic heterocycles. The zero-order chi connectivity index (χ0) is 6.10. The van der Waals surface area contributed by atoms with Gasteiger partial charge in [-0.25, -0.2) is 0 Å². The van der Waals surface area contributed by atoms with E-state index in [2.05, 4.69) is 6.08 Å². The Morgan fingerprint density at radius 2 is 2.33 bits per heavy atom. The van der Waals surface area contributed by atoms with Crippen molar-refractivity contribution in [3.05, 3.63) is 11.8 Å². The first-order valence-corrected chi connectivity index (χ1v) is 3.79. The van der Waals surface area contributed by atoms with Crippen molar-refractivity contribution >= 4 is 0 Å². The van der Waals surface area contributed by atoms with Crippen molar-refractivity contribution < 1.29 is 4.74 Å². The smallest absolute Gasteiger partial charge is 0.0952 e. The van der Waals surface area contributed by atoms with Crippen LogP contribution in [0.4, 0.5) is 0 Å². The standard InChI is InChI=1S/C8H12O/c1-3-7(4-1)8-5-2-6-9-8/h5,7H,1-4,6H2. The van der Waals surface area contributed by atoms with E-state index in [1.165, 1.54) is 25.0 Å². The molecule has 0 unspecified atom stereocenters. The molecule has 0 amide bonds. The first-order chi connectivity index (χ1) is 4.47. The lowest BCUT2D eigenvalue weighted by molar-refractivity contribution is 0.171. The number of rotatable bonds is 1. The molecule has 1 heteroatoms. The Kier molecular flexibility index (Phi) is 1.22. The quantitative estimate of drug-likeness (QED) is 0.520. The highest BCUT2D eigenvalue weighted by Crippen LogP contribution is 2.35. The second-order valence-corrected chi connectivity index (χ2v) is 2.87. The zero-order valence-corrected chi connectivity index (χ0v) is 5.60. The van der Waals surface area contributed by atoms with Gasteiger partial charge < -0.3 is 4.74 Å². The average molecular weight is 124 g/mol. The van der Waals surface area contributed by atoms with Gasteiger partial charge in [0, 0.05) is 12.3 Å². The summed E-state index contributed by atoms with van der Waals surface area (Å²) >= 11 is 0. The Labute approximate surface area is 55.7 Å². The van der Waals surface area contributed by atoms with Gasteiger partial charge in [-0.1, -0.05) is 6.42 Å². The minimum absolute atomic E-state index is 0.812. The Morgan fingerprint density at radius 1 is 1.44 bits per heavy atom. The molecule has 0 radical (unpaired) electrons. The lowest BCUT2D eigenvalue weighted by Gasteiger charge is -2.25. The molecule has 0 aromatic rings. The van der Waals surface area contributed by atoms with Crippen molar-refractivity contribution in [2.75, 3.05) is 6.61 Å². The molecule has 1 aliphatic heterocycles. The van der Waals surface area contributed by atoms with Crippen molar-refractivity contribution in [2.24, 2.45) is 5.92 Å². The average Bonchev–Trinajstić information content (AvgIpc) is 2.11. The largest absolute Gasteiger partial charge is 0.498 e. The van der Waals surface area contributed by atoms with Crippen LogP contribution in [0.2, 0.25) is 0 Å². The van der Waals surface area contributed by atoms with Crippen LogP contribution in [0, 0.1) is 5.92 Å². The second kappa shape index (κ2) is 2.05. The Balaban J connectivity index is 1.95. The van der Waals surface area contributed by atoms with Crippen molar-refractivity contribution in [3.63, 3.8) is 0 Å². The van der Waals surface area contributed by atoms with Crippen molar-refractivity contribution in [3.8, 4) is 0 Å². The van der Waals surface area contributed by atoms with Gasteiger partial charge in [-0.2, -0.15) is 0 Å². The van der Waals surface area contributed by atoms with Crippen LogP contribution >= 0.6 is 0 Å². The zero-order valence-electron chi connectivity index (χ0n) is 5.60. The van der Waals surface area contributed by atoms with Gasteiger partial charge in [0.1, 0.15) is 0 Å². The Morgan fingerprint density at radius 3 is 2.78 bits per heavy atom. The molecule has 2 aliphatic rings. The number of hydrogen-bond acceptors (Lipinski definition) is 1. The molecular formula is C8H12O. The number of ether oxygens (including phenoxy) is 1. The van der Waals surface area contributed by atoms with Gasteiger partial charge in [0.2, 0.25) is 0 Å². The third-order valence-corrected chi connectivity index (χ3v) is 2.24. The summed E-state index contributed by atoms with van der Waals surface area (Å²) in [4.78, 5) is 0. The normalized spacial score (nSPS) is 26.9. The van der Waals surface area contributed by atoms with E-state index in [0.717, 1.165) is 18.9 Å². The first kappa shape index (κ1) is 5.33. The third-order valence-electron chi connectivity index (χ3n) is 2.24. The van der Waals surface area contributed by atoms with Crippen molar-refractivity contribution in [1.29, 1.82) is 0 Å². The van der Waals surface area contributed by atoms with Gasteiger partial charge >= 0.3 is 0 Å². The molecule has 0 bridgehead atoms. The second-order valence-electron chi connectivity index (χ2n) is 2.87. The van der Waals surface area contributed by atoms with E-state index in [0.29, 0.717) is 0 Å². The van der Waals surface area contributed by atoms with Gasteiger partial charge in [-0.05, 0) is 18.9 Å². The SMILES string of the molecule is C1=C(C2CCC2)OCC1. The predicted octanol–water partition coefficient (Wildman–Crippen LogP) is 2.09. The summed E-state index contributed by atoms with van der Waals surface area (Å²) in [5, 5.41) is 0. The van der Waals surface area contributed by atoms with Crippen molar-refractivity contribution in [1.82, 2.24) is 0 Å².